The number of hydrogen-bond acceptors (Lipinski definition) is 7. The molecule has 0 radical (unpaired) electrons. The summed E-state index contributed by atoms with van der Waals surface area (Å²) in [5.41, 5.74) is 1.63. The molecule has 0 saturated heterocycles. The molecule has 0 spiro atoms. The molecule has 2 atom stereocenters. The Hall–Kier alpha value is -1.93. The van der Waals surface area contributed by atoms with E-state index in [2.05, 4.69) is 9.51 Å². The van der Waals surface area contributed by atoms with Gasteiger partial charge >= 0.3 is 13.6 Å². The van der Waals surface area contributed by atoms with Gasteiger partial charge in [-0.05, 0) is 36.4 Å². The molecule has 0 bridgehead atoms. The zero-order chi connectivity index (χ0) is 21.2. The van der Waals surface area contributed by atoms with E-state index < -0.39 is 32.9 Å². The number of aliphatic hydroxyl groups is 1. The zero-order valence-corrected chi connectivity index (χ0v) is 17.4. The SMILES string of the molecule is CP(=O)(O)OCC(O)COC(=O)c1ccc2nc(-c3cc(Cl)cc(Cl)c3)oc2c1. The third-order valence-electron chi connectivity index (χ3n) is 3.65. The predicted octanol–water partition coefficient (Wildman–Crippen LogP) is 4.15. The first-order valence-corrected chi connectivity index (χ1v) is 11.1. The molecule has 1 aromatic heterocycles. The van der Waals surface area contributed by atoms with Gasteiger partial charge < -0.3 is 23.7 Å². The van der Waals surface area contributed by atoms with Gasteiger partial charge in [0.15, 0.2) is 5.58 Å². The van der Waals surface area contributed by atoms with Gasteiger partial charge in [-0.3, -0.25) is 4.57 Å². The molecular formula is C18H16Cl2NO7P. The van der Waals surface area contributed by atoms with Crippen molar-refractivity contribution in [1.82, 2.24) is 4.98 Å². The maximum atomic E-state index is 12.2. The van der Waals surface area contributed by atoms with E-state index in [-0.39, 0.29) is 11.5 Å². The number of rotatable bonds is 7. The topological polar surface area (TPSA) is 119 Å². The first-order valence-electron chi connectivity index (χ1n) is 8.28. The number of ether oxygens (including phenoxy) is 1. The van der Waals surface area contributed by atoms with Gasteiger partial charge in [0.25, 0.3) is 0 Å². The second-order valence-corrected chi connectivity index (χ2v) is 8.95. The van der Waals surface area contributed by atoms with Crippen LogP contribution in [0.2, 0.25) is 10.0 Å². The number of carbonyl (C=O) groups excluding carboxylic acids is 1. The number of oxazole rings is 1. The number of aliphatic hydroxyl groups excluding tert-OH is 1. The van der Waals surface area contributed by atoms with Crippen molar-refractivity contribution in [3.8, 4) is 11.5 Å². The second-order valence-electron chi connectivity index (χ2n) is 6.21. The van der Waals surface area contributed by atoms with Crippen LogP contribution in [0.5, 0.6) is 0 Å². The van der Waals surface area contributed by atoms with E-state index in [4.69, 9.17) is 37.2 Å². The summed E-state index contributed by atoms with van der Waals surface area (Å²) in [7, 11) is -3.72. The normalized spacial score (nSPS) is 14.5. The number of hydrogen-bond donors (Lipinski definition) is 2. The Labute approximate surface area is 175 Å². The van der Waals surface area contributed by atoms with Crippen LogP contribution in [-0.4, -0.2) is 46.9 Å². The fraction of sp³-hybridized carbons (Fsp3) is 0.222. The summed E-state index contributed by atoms with van der Waals surface area (Å²) in [4.78, 5) is 25.5. The van der Waals surface area contributed by atoms with Crippen LogP contribution >= 0.6 is 30.8 Å². The summed E-state index contributed by atoms with van der Waals surface area (Å²) in [6.07, 6.45) is -1.24. The highest BCUT2D eigenvalue weighted by molar-refractivity contribution is 7.51. The van der Waals surface area contributed by atoms with E-state index in [1.54, 1.807) is 24.3 Å². The summed E-state index contributed by atoms with van der Waals surface area (Å²) in [5.74, 6) is -0.422. The predicted molar refractivity (Wildman–Crippen MR) is 107 cm³/mol. The molecule has 0 saturated carbocycles. The van der Waals surface area contributed by atoms with Gasteiger partial charge in [-0.1, -0.05) is 23.2 Å². The highest BCUT2D eigenvalue weighted by Gasteiger charge is 2.17. The molecule has 2 unspecified atom stereocenters. The Bertz CT molecular complexity index is 1070. The fourth-order valence-corrected chi connectivity index (χ4v) is 3.35. The molecule has 3 aromatic rings. The average Bonchev–Trinajstić information content (AvgIpc) is 3.06. The molecule has 154 valence electrons. The van der Waals surface area contributed by atoms with Crippen LogP contribution in [0.4, 0.5) is 0 Å². The van der Waals surface area contributed by atoms with Crippen molar-refractivity contribution in [2.75, 3.05) is 19.9 Å². The molecule has 3 rings (SSSR count). The molecular weight excluding hydrogens is 444 g/mol. The number of benzene rings is 2. The minimum atomic E-state index is -3.72. The molecule has 29 heavy (non-hydrogen) atoms. The maximum absolute atomic E-state index is 12.2. The van der Waals surface area contributed by atoms with Crippen LogP contribution in [0.25, 0.3) is 22.6 Å². The van der Waals surface area contributed by atoms with Crippen LogP contribution in [0.15, 0.2) is 40.8 Å². The van der Waals surface area contributed by atoms with Crippen LogP contribution in [-0.2, 0) is 13.8 Å². The Morgan fingerprint density at radius 3 is 2.55 bits per heavy atom. The molecule has 2 N–H and O–H groups in total. The summed E-state index contributed by atoms with van der Waals surface area (Å²) in [6, 6.07) is 9.43. The lowest BCUT2D eigenvalue weighted by atomic mass is 10.2. The smallest absolute Gasteiger partial charge is 0.338 e. The molecule has 0 aliphatic carbocycles. The summed E-state index contributed by atoms with van der Waals surface area (Å²) >= 11 is 12.0. The number of halogens is 2. The largest absolute Gasteiger partial charge is 0.459 e. The highest BCUT2D eigenvalue weighted by atomic mass is 35.5. The van der Waals surface area contributed by atoms with Crippen molar-refractivity contribution in [3.05, 3.63) is 52.0 Å². The third-order valence-corrected chi connectivity index (χ3v) is 4.71. The van der Waals surface area contributed by atoms with Crippen molar-refractivity contribution in [1.29, 1.82) is 0 Å². The summed E-state index contributed by atoms with van der Waals surface area (Å²) < 4.78 is 26.3. The van der Waals surface area contributed by atoms with Crippen molar-refractivity contribution < 1.29 is 33.0 Å². The van der Waals surface area contributed by atoms with Gasteiger partial charge in [0.1, 0.15) is 18.2 Å². The van der Waals surface area contributed by atoms with E-state index >= 15 is 0 Å². The standard InChI is InChI=1S/C18H16Cl2NO7P/c1-29(24,25)27-9-14(22)8-26-18(23)10-2-3-15-16(6-10)28-17(21-15)11-4-12(19)7-13(20)5-11/h2-7,14,22H,8-9H2,1H3,(H,24,25). The Balaban J connectivity index is 1.71. The first kappa shape index (κ1) is 21.8. The Morgan fingerprint density at radius 2 is 1.90 bits per heavy atom. The molecule has 0 aliphatic heterocycles. The van der Waals surface area contributed by atoms with Crippen LogP contribution in [0.1, 0.15) is 10.4 Å². The molecule has 2 aromatic carbocycles. The van der Waals surface area contributed by atoms with E-state index in [0.29, 0.717) is 26.7 Å². The van der Waals surface area contributed by atoms with E-state index in [1.165, 1.54) is 12.1 Å². The van der Waals surface area contributed by atoms with Crippen molar-refractivity contribution in [2.24, 2.45) is 0 Å². The molecule has 0 fully saturated rings. The zero-order valence-electron chi connectivity index (χ0n) is 15.0. The number of fused-ring (bicyclic) bond motifs is 1. The summed E-state index contributed by atoms with van der Waals surface area (Å²) in [6.45, 7) is 0.147. The van der Waals surface area contributed by atoms with E-state index in [0.717, 1.165) is 6.66 Å². The molecule has 0 amide bonds. The minimum Gasteiger partial charge on any atom is -0.459 e. The quantitative estimate of drug-likeness (QED) is 0.399. The van der Waals surface area contributed by atoms with Crippen LogP contribution in [0, 0.1) is 0 Å². The van der Waals surface area contributed by atoms with Crippen LogP contribution in [0.3, 0.4) is 0 Å². The van der Waals surface area contributed by atoms with Gasteiger partial charge in [0.05, 0.1) is 12.2 Å². The lowest BCUT2D eigenvalue weighted by molar-refractivity contribution is 0.0120. The van der Waals surface area contributed by atoms with E-state index in [1.807, 2.05) is 0 Å². The number of esters is 1. The Morgan fingerprint density at radius 1 is 1.21 bits per heavy atom. The Kier molecular flexibility index (Phi) is 6.63. The minimum absolute atomic E-state index is 0.181. The molecule has 11 heteroatoms. The van der Waals surface area contributed by atoms with E-state index in [9.17, 15) is 14.5 Å². The van der Waals surface area contributed by atoms with Crippen molar-refractivity contribution >= 4 is 47.9 Å². The number of nitrogens with zero attached hydrogens (tertiary/aromatic N) is 1. The fourth-order valence-electron chi connectivity index (χ4n) is 2.38. The third kappa shape index (κ3) is 6.02. The molecule has 8 nitrogen and oxygen atoms in total. The van der Waals surface area contributed by atoms with Crippen molar-refractivity contribution in [3.63, 3.8) is 0 Å². The highest BCUT2D eigenvalue weighted by Crippen LogP contribution is 2.36. The van der Waals surface area contributed by atoms with Gasteiger partial charge in [-0.25, -0.2) is 9.78 Å². The van der Waals surface area contributed by atoms with Gasteiger partial charge in [0.2, 0.25) is 5.89 Å². The summed E-state index contributed by atoms with van der Waals surface area (Å²) in [5, 5.41) is 10.5. The molecule has 0 aliphatic rings. The number of carbonyl (C=O) groups is 1. The first-order chi connectivity index (χ1) is 13.6. The van der Waals surface area contributed by atoms with Crippen molar-refractivity contribution in [2.45, 2.75) is 6.10 Å². The van der Waals surface area contributed by atoms with Gasteiger partial charge in [-0.2, -0.15) is 0 Å². The second kappa shape index (κ2) is 8.83. The monoisotopic (exact) mass is 459 g/mol. The molecule has 1 heterocycles. The lowest BCUT2D eigenvalue weighted by Crippen LogP contribution is -2.23. The average molecular weight is 460 g/mol. The lowest BCUT2D eigenvalue weighted by Gasteiger charge is -2.13. The number of aromatic nitrogens is 1. The van der Waals surface area contributed by atoms with Gasteiger partial charge in [0, 0.05) is 22.3 Å². The van der Waals surface area contributed by atoms with Crippen LogP contribution < -0.4 is 0 Å². The maximum Gasteiger partial charge on any atom is 0.338 e. The van der Waals surface area contributed by atoms with Gasteiger partial charge in [-0.15, -0.1) is 0 Å².